The smallest absolute Gasteiger partial charge is 0.293 e. The number of para-hydroxylation sites is 1. The predicted molar refractivity (Wildman–Crippen MR) is 57.3 cm³/mol. The first kappa shape index (κ1) is 9.65. The van der Waals surface area contributed by atoms with Crippen molar-refractivity contribution in [3.8, 4) is 0 Å². The SMILES string of the molecule is CC(OC=O)c1cccc2cccnc12. The van der Waals surface area contributed by atoms with E-state index in [9.17, 15) is 4.79 Å². The Bertz CT molecular complexity index is 477. The van der Waals surface area contributed by atoms with Crippen molar-refractivity contribution in [2.24, 2.45) is 0 Å². The lowest BCUT2D eigenvalue weighted by atomic mass is 10.1. The quantitative estimate of drug-likeness (QED) is 0.716. The molecule has 2 rings (SSSR count). The van der Waals surface area contributed by atoms with Crippen LogP contribution in [0.15, 0.2) is 36.5 Å². The highest BCUT2D eigenvalue weighted by Gasteiger charge is 2.09. The zero-order valence-corrected chi connectivity index (χ0v) is 8.38. The van der Waals surface area contributed by atoms with Gasteiger partial charge >= 0.3 is 0 Å². The number of rotatable bonds is 3. The third kappa shape index (κ3) is 1.81. The van der Waals surface area contributed by atoms with Gasteiger partial charge in [-0.25, -0.2) is 0 Å². The second-order valence-corrected chi connectivity index (χ2v) is 3.30. The summed E-state index contributed by atoms with van der Waals surface area (Å²) in [5, 5.41) is 1.05. The lowest BCUT2D eigenvalue weighted by Crippen LogP contribution is -1.99. The maximum absolute atomic E-state index is 10.3. The fraction of sp³-hybridized carbons (Fsp3) is 0.167. The Kier molecular flexibility index (Phi) is 2.63. The van der Waals surface area contributed by atoms with Crippen molar-refractivity contribution in [3.63, 3.8) is 0 Å². The number of hydrogen-bond acceptors (Lipinski definition) is 3. The van der Waals surface area contributed by atoms with Crippen LogP contribution in [0.1, 0.15) is 18.6 Å². The second kappa shape index (κ2) is 4.09. The lowest BCUT2D eigenvalue weighted by molar-refractivity contribution is -0.133. The Morgan fingerprint density at radius 2 is 2.13 bits per heavy atom. The Balaban J connectivity index is 2.55. The van der Waals surface area contributed by atoms with Crippen molar-refractivity contribution in [1.29, 1.82) is 0 Å². The molecule has 0 aliphatic heterocycles. The minimum Gasteiger partial charge on any atom is -0.460 e. The summed E-state index contributed by atoms with van der Waals surface area (Å²) in [6, 6.07) is 9.71. The van der Waals surface area contributed by atoms with Crippen LogP contribution < -0.4 is 0 Å². The first-order valence-corrected chi connectivity index (χ1v) is 4.75. The highest BCUT2D eigenvalue weighted by molar-refractivity contribution is 5.81. The molecule has 0 saturated carbocycles. The van der Waals surface area contributed by atoms with E-state index in [1.807, 2.05) is 37.3 Å². The third-order valence-corrected chi connectivity index (χ3v) is 2.36. The molecule has 0 spiro atoms. The van der Waals surface area contributed by atoms with Gasteiger partial charge in [-0.3, -0.25) is 9.78 Å². The summed E-state index contributed by atoms with van der Waals surface area (Å²) in [5.41, 5.74) is 1.81. The maximum Gasteiger partial charge on any atom is 0.293 e. The van der Waals surface area contributed by atoms with Crippen molar-refractivity contribution < 1.29 is 9.53 Å². The number of fused-ring (bicyclic) bond motifs is 1. The van der Waals surface area contributed by atoms with Gasteiger partial charge in [0.25, 0.3) is 6.47 Å². The summed E-state index contributed by atoms with van der Waals surface area (Å²) < 4.78 is 4.92. The van der Waals surface area contributed by atoms with Crippen LogP contribution in [0.25, 0.3) is 10.9 Å². The fourth-order valence-electron chi connectivity index (χ4n) is 1.61. The molecule has 3 heteroatoms. The van der Waals surface area contributed by atoms with E-state index >= 15 is 0 Å². The number of aromatic nitrogens is 1. The molecular formula is C12H11NO2. The normalized spacial score (nSPS) is 12.3. The van der Waals surface area contributed by atoms with Crippen LogP contribution in [0.5, 0.6) is 0 Å². The molecule has 0 bridgehead atoms. The molecule has 1 heterocycles. The van der Waals surface area contributed by atoms with Crippen LogP contribution in [-0.4, -0.2) is 11.5 Å². The number of benzene rings is 1. The van der Waals surface area contributed by atoms with E-state index in [1.54, 1.807) is 6.20 Å². The molecule has 1 aromatic carbocycles. The van der Waals surface area contributed by atoms with Crippen LogP contribution in [-0.2, 0) is 9.53 Å². The second-order valence-electron chi connectivity index (χ2n) is 3.30. The summed E-state index contributed by atoms with van der Waals surface area (Å²) in [6.07, 6.45) is 1.47. The molecule has 1 aromatic heterocycles. The maximum atomic E-state index is 10.3. The summed E-state index contributed by atoms with van der Waals surface area (Å²) in [4.78, 5) is 14.6. The van der Waals surface area contributed by atoms with E-state index in [4.69, 9.17) is 4.74 Å². The molecule has 1 atom stereocenters. The summed E-state index contributed by atoms with van der Waals surface area (Å²) in [6.45, 7) is 2.30. The first-order valence-electron chi connectivity index (χ1n) is 4.75. The van der Waals surface area contributed by atoms with Gasteiger partial charge in [0.05, 0.1) is 5.52 Å². The number of ether oxygens (including phenoxy) is 1. The van der Waals surface area contributed by atoms with Gasteiger partial charge in [0.2, 0.25) is 0 Å². The molecule has 1 unspecified atom stereocenters. The minimum atomic E-state index is -0.263. The monoisotopic (exact) mass is 201 g/mol. The number of carbonyl (C=O) groups excluding carboxylic acids is 1. The average molecular weight is 201 g/mol. The summed E-state index contributed by atoms with van der Waals surface area (Å²) in [7, 11) is 0. The van der Waals surface area contributed by atoms with Gasteiger partial charge in [-0.15, -0.1) is 0 Å². The minimum absolute atomic E-state index is 0.263. The van der Waals surface area contributed by atoms with Gasteiger partial charge in [-0.1, -0.05) is 24.3 Å². The molecule has 0 aliphatic carbocycles. The van der Waals surface area contributed by atoms with Gasteiger partial charge in [0.1, 0.15) is 6.10 Å². The highest BCUT2D eigenvalue weighted by Crippen LogP contribution is 2.23. The molecule has 2 aromatic rings. The fourth-order valence-corrected chi connectivity index (χ4v) is 1.61. The molecular weight excluding hydrogens is 190 g/mol. The van der Waals surface area contributed by atoms with E-state index in [0.29, 0.717) is 6.47 Å². The van der Waals surface area contributed by atoms with Gasteiger partial charge in [-0.05, 0) is 13.0 Å². The van der Waals surface area contributed by atoms with Crippen molar-refractivity contribution in [2.75, 3.05) is 0 Å². The van der Waals surface area contributed by atoms with Crippen LogP contribution in [0.3, 0.4) is 0 Å². The van der Waals surface area contributed by atoms with E-state index in [0.717, 1.165) is 16.5 Å². The number of nitrogens with zero attached hydrogens (tertiary/aromatic N) is 1. The summed E-state index contributed by atoms with van der Waals surface area (Å²) in [5.74, 6) is 0. The standard InChI is InChI=1S/C12H11NO2/c1-9(15-8-14)11-6-2-4-10-5-3-7-13-12(10)11/h2-9H,1H3. The zero-order chi connectivity index (χ0) is 10.7. The summed E-state index contributed by atoms with van der Waals surface area (Å²) >= 11 is 0. The van der Waals surface area contributed by atoms with E-state index < -0.39 is 0 Å². The van der Waals surface area contributed by atoms with Crippen LogP contribution in [0.2, 0.25) is 0 Å². The Morgan fingerprint density at radius 3 is 2.93 bits per heavy atom. The first-order chi connectivity index (χ1) is 7.33. The zero-order valence-electron chi connectivity index (χ0n) is 8.38. The number of carbonyl (C=O) groups is 1. The van der Waals surface area contributed by atoms with Gasteiger partial charge in [-0.2, -0.15) is 0 Å². The third-order valence-electron chi connectivity index (χ3n) is 2.36. The van der Waals surface area contributed by atoms with E-state index in [-0.39, 0.29) is 6.10 Å². The Labute approximate surface area is 87.7 Å². The Hall–Kier alpha value is -1.90. The van der Waals surface area contributed by atoms with Gasteiger partial charge in [0.15, 0.2) is 0 Å². The van der Waals surface area contributed by atoms with Crippen LogP contribution >= 0.6 is 0 Å². The largest absolute Gasteiger partial charge is 0.460 e. The van der Waals surface area contributed by atoms with Crippen molar-refractivity contribution in [1.82, 2.24) is 4.98 Å². The molecule has 3 nitrogen and oxygen atoms in total. The molecule has 15 heavy (non-hydrogen) atoms. The molecule has 0 N–H and O–H groups in total. The topological polar surface area (TPSA) is 39.2 Å². The molecule has 0 radical (unpaired) electrons. The van der Waals surface area contributed by atoms with Gasteiger partial charge in [0, 0.05) is 17.1 Å². The molecule has 0 amide bonds. The Morgan fingerprint density at radius 1 is 1.33 bits per heavy atom. The average Bonchev–Trinajstić information content (AvgIpc) is 2.28. The molecule has 0 fully saturated rings. The molecule has 0 saturated heterocycles. The predicted octanol–water partition coefficient (Wildman–Crippen LogP) is 2.47. The van der Waals surface area contributed by atoms with Crippen molar-refractivity contribution in [3.05, 3.63) is 42.1 Å². The van der Waals surface area contributed by atoms with Crippen molar-refractivity contribution in [2.45, 2.75) is 13.0 Å². The van der Waals surface area contributed by atoms with Crippen LogP contribution in [0, 0.1) is 0 Å². The number of pyridine rings is 1. The van der Waals surface area contributed by atoms with Gasteiger partial charge < -0.3 is 4.74 Å². The number of hydrogen-bond donors (Lipinski definition) is 0. The lowest BCUT2D eigenvalue weighted by Gasteiger charge is -2.11. The molecule has 0 aliphatic rings. The highest BCUT2D eigenvalue weighted by atomic mass is 16.5. The van der Waals surface area contributed by atoms with E-state index in [2.05, 4.69) is 4.98 Å². The van der Waals surface area contributed by atoms with Crippen molar-refractivity contribution >= 4 is 17.4 Å². The molecule has 76 valence electrons. The van der Waals surface area contributed by atoms with E-state index in [1.165, 1.54) is 0 Å². The van der Waals surface area contributed by atoms with Crippen LogP contribution in [0.4, 0.5) is 0 Å².